The SMILES string of the molecule is CC(=O)N1CCC2(CC1)c1cc(C(=O)NCc3ncc(F)cc3Cl)ccc1N(S(=O)(=O)c1ccc(F)cc1)C2C(C)C. The summed E-state index contributed by atoms with van der Waals surface area (Å²) >= 11 is 6.07. The highest BCUT2D eigenvalue weighted by Gasteiger charge is 2.56. The first-order valence-corrected chi connectivity index (χ1v) is 15.4. The number of halogens is 3. The predicted octanol–water partition coefficient (Wildman–Crippen LogP) is 5.06. The Morgan fingerprint density at radius 1 is 1.07 bits per heavy atom. The number of sulfonamides is 1. The van der Waals surface area contributed by atoms with Gasteiger partial charge in [0.1, 0.15) is 11.6 Å². The first kappa shape index (κ1) is 29.9. The molecule has 1 unspecified atom stereocenters. The molecule has 1 saturated heterocycles. The van der Waals surface area contributed by atoms with Crippen molar-refractivity contribution >= 4 is 39.1 Å². The number of hydrogen-bond acceptors (Lipinski definition) is 5. The molecule has 3 heterocycles. The Bertz CT molecular complexity index is 1640. The van der Waals surface area contributed by atoms with E-state index < -0.39 is 39.0 Å². The normalized spacial score (nSPS) is 17.9. The van der Waals surface area contributed by atoms with Gasteiger partial charge in [-0.3, -0.25) is 18.9 Å². The summed E-state index contributed by atoms with van der Waals surface area (Å²) in [5, 5.41) is 2.84. The zero-order valence-electron chi connectivity index (χ0n) is 23.4. The minimum absolute atomic E-state index is 0.0343. The summed E-state index contributed by atoms with van der Waals surface area (Å²) in [6, 6.07) is 10.3. The van der Waals surface area contributed by atoms with Crippen LogP contribution in [0.5, 0.6) is 0 Å². The summed E-state index contributed by atoms with van der Waals surface area (Å²) in [5.74, 6) is -1.76. The number of likely N-dealkylation sites (tertiary alicyclic amines) is 1. The van der Waals surface area contributed by atoms with E-state index in [2.05, 4.69) is 10.3 Å². The van der Waals surface area contributed by atoms with Gasteiger partial charge in [-0.1, -0.05) is 25.4 Å². The molecule has 0 aliphatic carbocycles. The number of hydrogen-bond donors (Lipinski definition) is 1. The fraction of sp³-hybridized carbons (Fsp3) is 0.367. The number of piperidine rings is 1. The second-order valence-electron chi connectivity index (χ2n) is 11.1. The van der Waals surface area contributed by atoms with Crippen molar-refractivity contribution < 1.29 is 26.8 Å². The van der Waals surface area contributed by atoms with Crippen molar-refractivity contribution in [2.75, 3.05) is 17.4 Å². The van der Waals surface area contributed by atoms with E-state index in [-0.39, 0.29) is 28.3 Å². The van der Waals surface area contributed by atoms with E-state index in [1.807, 2.05) is 13.8 Å². The second kappa shape index (κ2) is 11.3. The summed E-state index contributed by atoms with van der Waals surface area (Å²) in [6.45, 7) is 6.26. The number of pyridine rings is 1. The number of fused-ring (bicyclic) bond motifs is 2. The summed E-state index contributed by atoms with van der Waals surface area (Å²) in [7, 11) is -4.12. The van der Waals surface area contributed by atoms with Gasteiger partial charge in [-0.2, -0.15) is 0 Å². The maximum absolute atomic E-state index is 14.2. The van der Waals surface area contributed by atoms with Gasteiger partial charge in [0, 0.05) is 31.0 Å². The first-order chi connectivity index (χ1) is 19.8. The van der Waals surface area contributed by atoms with Crippen LogP contribution < -0.4 is 9.62 Å². The molecule has 2 aliphatic heterocycles. The van der Waals surface area contributed by atoms with Crippen molar-refractivity contribution in [2.45, 2.75) is 56.5 Å². The molecule has 222 valence electrons. The van der Waals surface area contributed by atoms with Gasteiger partial charge >= 0.3 is 0 Å². The van der Waals surface area contributed by atoms with Crippen LogP contribution in [-0.2, 0) is 26.8 Å². The van der Waals surface area contributed by atoms with E-state index in [1.165, 1.54) is 23.4 Å². The molecule has 2 aliphatic rings. The van der Waals surface area contributed by atoms with Crippen LogP contribution >= 0.6 is 11.6 Å². The monoisotopic (exact) mass is 616 g/mol. The first-order valence-electron chi connectivity index (χ1n) is 13.6. The van der Waals surface area contributed by atoms with Crippen LogP contribution in [0.15, 0.2) is 59.6 Å². The van der Waals surface area contributed by atoms with Gasteiger partial charge in [-0.25, -0.2) is 17.2 Å². The Morgan fingerprint density at radius 2 is 1.74 bits per heavy atom. The van der Waals surface area contributed by atoms with Crippen molar-refractivity contribution in [3.8, 4) is 0 Å². The molecule has 5 rings (SSSR count). The van der Waals surface area contributed by atoms with Gasteiger partial charge < -0.3 is 10.2 Å². The fourth-order valence-electron chi connectivity index (χ4n) is 6.33. The Kier molecular flexibility index (Phi) is 8.02. The molecule has 8 nitrogen and oxygen atoms in total. The van der Waals surface area contributed by atoms with Crippen molar-refractivity contribution in [3.05, 3.63) is 88.2 Å². The maximum atomic E-state index is 14.2. The van der Waals surface area contributed by atoms with Crippen LogP contribution in [0.4, 0.5) is 14.5 Å². The van der Waals surface area contributed by atoms with Gasteiger partial charge in [0.15, 0.2) is 0 Å². The smallest absolute Gasteiger partial charge is 0.264 e. The van der Waals surface area contributed by atoms with Gasteiger partial charge in [-0.15, -0.1) is 0 Å². The fourth-order valence-corrected chi connectivity index (χ4v) is 8.42. The van der Waals surface area contributed by atoms with Gasteiger partial charge in [0.25, 0.3) is 15.9 Å². The summed E-state index contributed by atoms with van der Waals surface area (Å²) in [6.07, 6.45) is 2.01. The zero-order valence-corrected chi connectivity index (χ0v) is 25.0. The Labute approximate surface area is 248 Å². The maximum Gasteiger partial charge on any atom is 0.264 e. The molecule has 1 atom stereocenters. The molecule has 2 amide bonds. The molecule has 1 N–H and O–H groups in total. The quantitative estimate of drug-likeness (QED) is 0.418. The Balaban J connectivity index is 1.57. The highest BCUT2D eigenvalue weighted by Crippen LogP contribution is 2.55. The molecule has 1 spiro atoms. The average Bonchev–Trinajstić information content (AvgIpc) is 3.23. The third kappa shape index (κ3) is 5.24. The van der Waals surface area contributed by atoms with E-state index in [0.717, 1.165) is 24.4 Å². The average molecular weight is 617 g/mol. The Morgan fingerprint density at radius 3 is 2.33 bits per heavy atom. The minimum Gasteiger partial charge on any atom is -0.346 e. The number of anilines is 1. The van der Waals surface area contributed by atoms with Crippen LogP contribution in [0.1, 0.15) is 55.2 Å². The van der Waals surface area contributed by atoms with Gasteiger partial charge in [-0.05, 0) is 72.9 Å². The lowest BCUT2D eigenvalue weighted by molar-refractivity contribution is -0.130. The third-order valence-corrected chi connectivity index (χ3v) is 10.4. The van der Waals surface area contributed by atoms with E-state index in [4.69, 9.17) is 11.6 Å². The van der Waals surface area contributed by atoms with E-state index in [9.17, 15) is 26.8 Å². The number of carbonyl (C=O) groups excluding carboxylic acids is 2. The van der Waals surface area contributed by atoms with Gasteiger partial charge in [0.05, 0.1) is 40.1 Å². The summed E-state index contributed by atoms with van der Waals surface area (Å²) < 4.78 is 56.9. The number of rotatable bonds is 6. The molecule has 42 heavy (non-hydrogen) atoms. The molecule has 0 radical (unpaired) electrons. The third-order valence-electron chi connectivity index (χ3n) is 8.25. The van der Waals surface area contributed by atoms with Crippen LogP contribution in [0.2, 0.25) is 5.02 Å². The van der Waals surface area contributed by atoms with Crippen LogP contribution in [0.3, 0.4) is 0 Å². The van der Waals surface area contributed by atoms with Crippen molar-refractivity contribution in [1.29, 1.82) is 0 Å². The molecule has 2 aromatic carbocycles. The molecule has 1 fully saturated rings. The second-order valence-corrected chi connectivity index (χ2v) is 13.3. The lowest BCUT2D eigenvalue weighted by Gasteiger charge is -2.46. The van der Waals surface area contributed by atoms with Gasteiger partial charge in [0.2, 0.25) is 5.91 Å². The number of benzene rings is 2. The van der Waals surface area contributed by atoms with Crippen molar-refractivity contribution in [1.82, 2.24) is 15.2 Å². The van der Waals surface area contributed by atoms with E-state index >= 15 is 0 Å². The predicted molar refractivity (Wildman–Crippen MR) is 155 cm³/mol. The molecule has 0 bridgehead atoms. The number of carbonyl (C=O) groups is 2. The number of nitrogens with zero attached hydrogens (tertiary/aromatic N) is 3. The number of aromatic nitrogens is 1. The van der Waals surface area contributed by atoms with Crippen molar-refractivity contribution in [3.63, 3.8) is 0 Å². The van der Waals surface area contributed by atoms with Crippen LogP contribution in [0, 0.1) is 17.6 Å². The molecule has 1 aromatic heterocycles. The summed E-state index contributed by atoms with van der Waals surface area (Å²) in [4.78, 5) is 31.1. The number of nitrogens with one attached hydrogen (secondary N) is 1. The van der Waals surface area contributed by atoms with Crippen molar-refractivity contribution in [2.24, 2.45) is 5.92 Å². The van der Waals surface area contributed by atoms with Crippen LogP contribution in [0.25, 0.3) is 0 Å². The highest BCUT2D eigenvalue weighted by atomic mass is 35.5. The minimum atomic E-state index is -4.12. The highest BCUT2D eigenvalue weighted by molar-refractivity contribution is 7.92. The molecular formula is C30H31ClF2N4O4S. The van der Waals surface area contributed by atoms with E-state index in [1.54, 1.807) is 23.1 Å². The lowest BCUT2D eigenvalue weighted by Crippen LogP contribution is -2.55. The summed E-state index contributed by atoms with van der Waals surface area (Å²) in [5.41, 5.74) is 1.09. The molecular weight excluding hydrogens is 586 g/mol. The van der Waals surface area contributed by atoms with Crippen LogP contribution in [-0.4, -0.2) is 49.2 Å². The number of amides is 2. The largest absolute Gasteiger partial charge is 0.346 e. The standard InChI is InChI=1S/C30H31ClF2N4O4S/c1-18(2)28-30(10-12-36(13-11-30)19(3)38)24-14-20(29(39)35-17-26-25(31)15-22(33)16-34-26)4-9-27(24)37(28)42(40,41)23-7-5-21(32)6-8-23/h4-9,14-16,18,28H,10-13,17H2,1-3H3,(H,35,39). The molecule has 3 aromatic rings. The molecule has 12 heteroatoms. The topological polar surface area (TPSA) is 99.7 Å². The Hall–Kier alpha value is -3.57. The zero-order chi connectivity index (χ0) is 30.4. The van der Waals surface area contributed by atoms with E-state index in [0.29, 0.717) is 48.4 Å². The lowest BCUT2D eigenvalue weighted by atomic mass is 9.66. The molecule has 0 saturated carbocycles.